The molecule has 1 fully saturated rings. The van der Waals surface area contributed by atoms with Gasteiger partial charge in [0.1, 0.15) is 17.2 Å². The number of amides is 4. The predicted octanol–water partition coefficient (Wildman–Crippen LogP) is 4.04. The first-order chi connectivity index (χ1) is 14.8. The number of halogens is 2. The molecule has 8 heteroatoms. The Labute approximate surface area is 176 Å². The molecule has 1 saturated heterocycles. The molecule has 1 aromatic heterocycles. The quantitative estimate of drug-likeness (QED) is 0.513. The first-order valence-corrected chi connectivity index (χ1v) is 9.39. The minimum atomic E-state index is -1.02. The summed E-state index contributed by atoms with van der Waals surface area (Å²) in [5.74, 6) is -2.93. The van der Waals surface area contributed by atoms with E-state index in [1.54, 1.807) is 25.1 Å². The number of carbonyl (C=O) groups excluding carboxylic acids is 3. The Bertz CT molecular complexity index is 1260. The third-order valence-corrected chi connectivity index (χ3v) is 5.05. The molecule has 0 spiro atoms. The number of carbonyl (C=O) groups is 3. The van der Waals surface area contributed by atoms with Crippen molar-refractivity contribution in [2.75, 3.05) is 4.90 Å². The summed E-state index contributed by atoms with van der Waals surface area (Å²) in [5.41, 5.74) is 2.21. The van der Waals surface area contributed by atoms with Crippen molar-refractivity contribution < 1.29 is 23.2 Å². The van der Waals surface area contributed by atoms with E-state index in [4.69, 9.17) is 0 Å². The summed E-state index contributed by atoms with van der Waals surface area (Å²) in [6.07, 6.45) is 1.36. The van der Waals surface area contributed by atoms with E-state index in [2.05, 4.69) is 5.32 Å². The molecule has 1 aliphatic rings. The highest BCUT2D eigenvalue weighted by molar-refractivity contribution is 6.39. The lowest BCUT2D eigenvalue weighted by Gasteiger charge is -2.26. The van der Waals surface area contributed by atoms with E-state index in [0.29, 0.717) is 21.8 Å². The third-order valence-electron chi connectivity index (χ3n) is 5.05. The number of aryl methyl sites for hydroxylation is 1. The zero-order valence-electron chi connectivity index (χ0n) is 16.6. The highest BCUT2D eigenvalue weighted by Crippen LogP contribution is 2.27. The average molecular weight is 421 g/mol. The number of nitrogens with one attached hydrogen (secondary N) is 1. The van der Waals surface area contributed by atoms with Crippen molar-refractivity contribution in [1.82, 2.24) is 9.88 Å². The Balaban J connectivity index is 1.77. The summed E-state index contributed by atoms with van der Waals surface area (Å²) < 4.78 is 29.3. The number of urea groups is 1. The van der Waals surface area contributed by atoms with Gasteiger partial charge in [-0.2, -0.15) is 0 Å². The van der Waals surface area contributed by atoms with Crippen LogP contribution in [0.3, 0.4) is 0 Å². The normalized spacial score (nSPS) is 15.5. The molecule has 0 saturated carbocycles. The van der Waals surface area contributed by atoms with E-state index in [9.17, 15) is 23.2 Å². The molecule has 1 aliphatic heterocycles. The standard InChI is InChI=1S/C23H17F2N3O3/c1-13-11-15(14(2)27(13)17-9-7-16(24)8-10-17)12-18-21(29)26-23(31)28(22(18)30)20-6-4-3-5-19(20)25/h3-12H,1-2H3,(H,26,29,31)/b18-12+. The fourth-order valence-electron chi connectivity index (χ4n) is 3.59. The summed E-state index contributed by atoms with van der Waals surface area (Å²) in [5, 5.41) is 2.08. The molecular formula is C23H17F2N3O3. The van der Waals surface area contributed by atoms with Gasteiger partial charge in [0, 0.05) is 17.1 Å². The van der Waals surface area contributed by atoms with E-state index in [-0.39, 0.29) is 17.1 Å². The number of rotatable bonds is 3. The Morgan fingerprint density at radius 1 is 0.935 bits per heavy atom. The van der Waals surface area contributed by atoms with Crippen LogP contribution in [-0.2, 0) is 9.59 Å². The number of imide groups is 2. The fourth-order valence-corrected chi connectivity index (χ4v) is 3.59. The minimum Gasteiger partial charge on any atom is -0.318 e. The van der Waals surface area contributed by atoms with Gasteiger partial charge in [-0.05, 0) is 68.0 Å². The lowest BCUT2D eigenvalue weighted by atomic mass is 10.1. The average Bonchev–Trinajstić information content (AvgIpc) is 3.00. The molecule has 2 heterocycles. The highest BCUT2D eigenvalue weighted by atomic mass is 19.1. The molecule has 0 aliphatic carbocycles. The van der Waals surface area contributed by atoms with Crippen molar-refractivity contribution in [2.24, 2.45) is 0 Å². The van der Waals surface area contributed by atoms with Gasteiger partial charge in [0.15, 0.2) is 0 Å². The number of hydrogen-bond acceptors (Lipinski definition) is 3. The SMILES string of the molecule is Cc1cc(/C=C2\C(=O)NC(=O)N(c3ccccc3F)C2=O)c(C)n1-c1ccc(F)cc1. The van der Waals surface area contributed by atoms with Gasteiger partial charge in [-0.1, -0.05) is 12.1 Å². The summed E-state index contributed by atoms with van der Waals surface area (Å²) in [7, 11) is 0. The second kappa shape index (κ2) is 7.64. The van der Waals surface area contributed by atoms with Gasteiger partial charge in [-0.3, -0.25) is 14.9 Å². The van der Waals surface area contributed by atoms with Crippen LogP contribution < -0.4 is 10.2 Å². The van der Waals surface area contributed by atoms with E-state index in [0.717, 1.165) is 11.8 Å². The van der Waals surface area contributed by atoms with Crippen LogP contribution in [0.15, 0.2) is 60.2 Å². The van der Waals surface area contributed by atoms with Crippen molar-refractivity contribution in [3.8, 4) is 5.69 Å². The van der Waals surface area contributed by atoms with Gasteiger partial charge >= 0.3 is 6.03 Å². The second-order valence-electron chi connectivity index (χ2n) is 7.05. The molecule has 0 radical (unpaired) electrons. The van der Waals surface area contributed by atoms with Crippen LogP contribution in [0.1, 0.15) is 17.0 Å². The first-order valence-electron chi connectivity index (χ1n) is 9.39. The minimum absolute atomic E-state index is 0.250. The molecule has 0 unspecified atom stereocenters. The maximum atomic E-state index is 14.2. The van der Waals surface area contributed by atoms with Crippen molar-refractivity contribution >= 4 is 29.6 Å². The molecule has 4 amide bonds. The molecule has 4 rings (SSSR count). The van der Waals surface area contributed by atoms with E-state index < -0.39 is 23.7 Å². The van der Waals surface area contributed by atoms with Gasteiger partial charge < -0.3 is 4.57 Å². The Morgan fingerprint density at radius 2 is 1.61 bits per heavy atom. The van der Waals surface area contributed by atoms with Crippen LogP contribution in [0.4, 0.5) is 19.3 Å². The molecule has 3 aromatic rings. The van der Waals surface area contributed by atoms with Crippen molar-refractivity contribution in [2.45, 2.75) is 13.8 Å². The van der Waals surface area contributed by atoms with Gasteiger partial charge in [0.05, 0.1) is 5.69 Å². The highest BCUT2D eigenvalue weighted by Gasteiger charge is 2.38. The van der Waals surface area contributed by atoms with E-state index in [1.165, 1.54) is 36.4 Å². The Hall–Kier alpha value is -4.07. The van der Waals surface area contributed by atoms with Crippen molar-refractivity contribution in [1.29, 1.82) is 0 Å². The van der Waals surface area contributed by atoms with Crippen LogP contribution in [0.2, 0.25) is 0 Å². The molecule has 0 bridgehead atoms. The largest absolute Gasteiger partial charge is 0.336 e. The zero-order chi connectivity index (χ0) is 22.3. The maximum Gasteiger partial charge on any atom is 0.336 e. The van der Waals surface area contributed by atoms with Gasteiger partial charge in [-0.25, -0.2) is 18.5 Å². The molecule has 31 heavy (non-hydrogen) atoms. The van der Waals surface area contributed by atoms with Crippen LogP contribution in [0, 0.1) is 25.5 Å². The van der Waals surface area contributed by atoms with Crippen LogP contribution in [-0.4, -0.2) is 22.4 Å². The van der Waals surface area contributed by atoms with E-state index >= 15 is 0 Å². The number of para-hydroxylation sites is 1. The van der Waals surface area contributed by atoms with Gasteiger partial charge in [-0.15, -0.1) is 0 Å². The zero-order valence-corrected chi connectivity index (χ0v) is 16.6. The maximum absolute atomic E-state index is 14.2. The van der Waals surface area contributed by atoms with Crippen LogP contribution >= 0.6 is 0 Å². The monoisotopic (exact) mass is 421 g/mol. The van der Waals surface area contributed by atoms with E-state index in [1.807, 2.05) is 11.5 Å². The van der Waals surface area contributed by atoms with Crippen molar-refractivity contribution in [3.05, 3.63) is 88.8 Å². The lowest BCUT2D eigenvalue weighted by Crippen LogP contribution is -2.54. The number of hydrogen-bond donors (Lipinski definition) is 1. The Kier molecular flexibility index (Phi) is 4.98. The molecule has 2 aromatic carbocycles. The molecule has 6 nitrogen and oxygen atoms in total. The number of anilines is 1. The smallest absolute Gasteiger partial charge is 0.318 e. The molecule has 0 atom stereocenters. The Morgan fingerprint density at radius 3 is 2.29 bits per heavy atom. The number of benzene rings is 2. The molecule has 1 N–H and O–H groups in total. The summed E-state index contributed by atoms with van der Waals surface area (Å²) >= 11 is 0. The summed E-state index contributed by atoms with van der Waals surface area (Å²) in [6, 6.07) is 11.9. The van der Waals surface area contributed by atoms with Crippen LogP contribution in [0.25, 0.3) is 11.8 Å². The van der Waals surface area contributed by atoms with Gasteiger partial charge in [0.25, 0.3) is 11.8 Å². The topological polar surface area (TPSA) is 71.4 Å². The number of nitrogens with zero attached hydrogens (tertiary/aromatic N) is 2. The summed E-state index contributed by atoms with van der Waals surface area (Å²) in [4.78, 5) is 38.2. The predicted molar refractivity (Wildman–Crippen MR) is 111 cm³/mol. The fraction of sp³-hybridized carbons (Fsp3) is 0.0870. The van der Waals surface area contributed by atoms with Crippen LogP contribution in [0.5, 0.6) is 0 Å². The number of barbiturate groups is 1. The molecule has 156 valence electrons. The lowest BCUT2D eigenvalue weighted by molar-refractivity contribution is -0.122. The number of aromatic nitrogens is 1. The first kappa shape index (κ1) is 20.2. The van der Waals surface area contributed by atoms with Gasteiger partial charge in [0.2, 0.25) is 0 Å². The summed E-state index contributed by atoms with van der Waals surface area (Å²) in [6.45, 7) is 3.62. The van der Waals surface area contributed by atoms with Crippen molar-refractivity contribution in [3.63, 3.8) is 0 Å². The second-order valence-corrected chi connectivity index (χ2v) is 7.05. The third kappa shape index (κ3) is 3.52. The molecular weight excluding hydrogens is 404 g/mol.